The molecule has 0 bridgehead atoms. The molecule has 1 heterocycles. The molecule has 1 aromatic heterocycles. The van der Waals surface area contributed by atoms with Crippen LogP contribution in [-0.4, -0.2) is 31.5 Å². The largest absolute Gasteiger partial charge is 3.00 e. The Hall–Kier alpha value is -0.521. The molecule has 0 aliphatic heterocycles. The molecule has 1 rings (SSSR count). The molecule has 0 atom stereocenters. The van der Waals surface area contributed by atoms with Crippen LogP contribution in [0.2, 0.25) is 0 Å². The van der Waals surface area contributed by atoms with Gasteiger partial charge < -0.3 is 48.1 Å². The number of nitrogens with zero attached hydrogens (tertiary/aromatic N) is 3. The molecule has 5 nitrogen and oxygen atoms in total. The Morgan fingerprint density at radius 3 is 1.63 bits per heavy atom. The molecule has 1 radical (unpaired) electrons. The zero-order valence-electron chi connectivity index (χ0n) is 10.6. The number of aryl methyl sites for hydroxylation is 1. The Morgan fingerprint density at radius 1 is 0.947 bits per heavy atom. The number of hydrazone groups is 2. The minimum Gasteiger partial charge on any atom is -1.00 e. The van der Waals surface area contributed by atoms with Crippen LogP contribution in [0.25, 0.3) is 0 Å². The summed E-state index contributed by atoms with van der Waals surface area (Å²) in [4.78, 5) is 4.33. The van der Waals surface area contributed by atoms with Crippen molar-refractivity contribution in [3.8, 4) is 0 Å². The molecule has 0 spiro atoms. The molecule has 0 aromatic carbocycles. The quantitative estimate of drug-likeness (QED) is 0.316. The molecule has 0 amide bonds. The minimum atomic E-state index is 0. The van der Waals surface area contributed by atoms with Crippen molar-refractivity contribution in [2.24, 2.45) is 10.2 Å². The summed E-state index contributed by atoms with van der Waals surface area (Å²) in [6.07, 6.45) is 3.34. The van der Waals surface area contributed by atoms with Crippen LogP contribution in [0.1, 0.15) is 17.0 Å². The van der Waals surface area contributed by atoms with Crippen molar-refractivity contribution in [1.29, 1.82) is 0 Å². The number of hydrogen-bond donors (Lipinski definition) is 2. The molecule has 0 saturated carbocycles. The maximum Gasteiger partial charge on any atom is 3.00 e. The summed E-state index contributed by atoms with van der Waals surface area (Å²) in [5, 5.41) is 7.81. The Balaban J connectivity index is -0.000000281. The predicted octanol–water partition coefficient (Wildman–Crippen LogP) is -8.49. The molecule has 9 heteroatoms. The molecular formula is C10H15Cl3FeN5. The van der Waals surface area contributed by atoms with Crippen molar-refractivity contribution in [2.45, 2.75) is 6.92 Å². The molecule has 2 N–H and O–H groups in total. The number of halogens is 3. The Labute approximate surface area is 142 Å². The van der Waals surface area contributed by atoms with E-state index in [9.17, 15) is 0 Å². The Bertz CT molecular complexity index is 355. The van der Waals surface area contributed by atoms with Gasteiger partial charge >= 0.3 is 17.1 Å². The van der Waals surface area contributed by atoms with Crippen LogP contribution in [0.5, 0.6) is 0 Å². The van der Waals surface area contributed by atoms with Gasteiger partial charge in [0.1, 0.15) is 0 Å². The fourth-order valence-electron chi connectivity index (χ4n) is 1.12. The van der Waals surface area contributed by atoms with Crippen LogP contribution in [0.4, 0.5) is 0 Å². The number of rotatable bonds is 4. The summed E-state index contributed by atoms with van der Waals surface area (Å²) in [6.45, 7) is 2.01. The van der Waals surface area contributed by atoms with Gasteiger partial charge in [0.15, 0.2) is 0 Å². The van der Waals surface area contributed by atoms with Gasteiger partial charge in [-0.2, -0.15) is 10.2 Å². The summed E-state index contributed by atoms with van der Waals surface area (Å²) in [5.74, 6) is 0. The van der Waals surface area contributed by atoms with E-state index in [0.717, 1.165) is 17.0 Å². The number of nitrogens with one attached hydrogen (secondary N) is 2. The van der Waals surface area contributed by atoms with Crippen molar-refractivity contribution in [3.05, 3.63) is 29.1 Å². The van der Waals surface area contributed by atoms with E-state index in [2.05, 4.69) is 26.0 Å². The van der Waals surface area contributed by atoms with Crippen molar-refractivity contribution in [3.63, 3.8) is 0 Å². The predicted molar refractivity (Wildman–Crippen MR) is 62.3 cm³/mol. The SMILES string of the molecule is CNN=Cc1cc(C)cc(C=NNC)n1.[Cl-].[Cl-].[Cl-].[Fe+3]. The third-order valence-electron chi connectivity index (χ3n) is 1.66. The fraction of sp³-hybridized carbons (Fsp3) is 0.300. The molecule has 0 aliphatic rings. The van der Waals surface area contributed by atoms with Crippen LogP contribution >= 0.6 is 0 Å². The van der Waals surface area contributed by atoms with Gasteiger partial charge in [0.05, 0.1) is 23.8 Å². The topological polar surface area (TPSA) is 61.7 Å². The van der Waals surface area contributed by atoms with Crippen molar-refractivity contribution >= 4 is 12.4 Å². The van der Waals surface area contributed by atoms with Crippen LogP contribution < -0.4 is 48.1 Å². The number of hydrogen-bond acceptors (Lipinski definition) is 5. The number of pyridine rings is 1. The van der Waals surface area contributed by atoms with Gasteiger partial charge in [-0.3, -0.25) is 0 Å². The molecule has 0 fully saturated rings. The smallest absolute Gasteiger partial charge is 1.00 e. The van der Waals surface area contributed by atoms with E-state index in [1.165, 1.54) is 0 Å². The number of aromatic nitrogens is 1. The third kappa shape index (κ3) is 11.0. The second-order valence-electron chi connectivity index (χ2n) is 2.96. The second-order valence-corrected chi connectivity index (χ2v) is 2.96. The zero-order valence-corrected chi connectivity index (χ0v) is 14.0. The zero-order chi connectivity index (χ0) is 11.1. The molecular weight excluding hydrogens is 352 g/mol. The molecule has 19 heavy (non-hydrogen) atoms. The first kappa shape index (κ1) is 26.9. The van der Waals surface area contributed by atoms with E-state index < -0.39 is 0 Å². The average molecular weight is 367 g/mol. The molecule has 109 valence electrons. The van der Waals surface area contributed by atoms with E-state index in [1.54, 1.807) is 26.5 Å². The van der Waals surface area contributed by atoms with Crippen LogP contribution in [0.15, 0.2) is 22.3 Å². The van der Waals surface area contributed by atoms with Gasteiger partial charge in [0.2, 0.25) is 0 Å². The van der Waals surface area contributed by atoms with Gasteiger partial charge in [-0.15, -0.1) is 0 Å². The molecule has 1 aromatic rings. The monoisotopic (exact) mass is 366 g/mol. The molecule has 0 unspecified atom stereocenters. The summed E-state index contributed by atoms with van der Waals surface area (Å²) >= 11 is 0. The molecule has 0 aliphatic carbocycles. The van der Waals surface area contributed by atoms with Crippen LogP contribution in [-0.2, 0) is 17.1 Å². The third-order valence-corrected chi connectivity index (χ3v) is 1.66. The van der Waals surface area contributed by atoms with Crippen molar-refractivity contribution < 1.29 is 54.3 Å². The Kier molecular flexibility index (Phi) is 22.0. The van der Waals surface area contributed by atoms with Crippen LogP contribution in [0, 0.1) is 6.92 Å². The van der Waals surface area contributed by atoms with E-state index in [-0.39, 0.29) is 54.3 Å². The van der Waals surface area contributed by atoms with E-state index in [0.29, 0.717) is 0 Å². The first-order valence-corrected chi connectivity index (χ1v) is 4.64. The Morgan fingerprint density at radius 2 is 1.32 bits per heavy atom. The van der Waals surface area contributed by atoms with E-state index >= 15 is 0 Å². The minimum absolute atomic E-state index is 0. The van der Waals surface area contributed by atoms with Crippen molar-refractivity contribution in [1.82, 2.24) is 15.8 Å². The summed E-state index contributed by atoms with van der Waals surface area (Å²) in [6, 6.07) is 3.91. The summed E-state index contributed by atoms with van der Waals surface area (Å²) < 4.78 is 0. The van der Waals surface area contributed by atoms with Gasteiger partial charge in [-0.25, -0.2) is 4.98 Å². The van der Waals surface area contributed by atoms with E-state index in [1.807, 2.05) is 19.1 Å². The standard InChI is InChI=1S/C10H15N5.3ClH.Fe/c1-8-4-9(6-13-11-2)15-10(5-8)7-14-12-3;;;;/h4-7,11-12H,1-3H3;3*1H;/q;;;;+3/p-3. The second kappa shape index (κ2) is 15.5. The normalized spacial score (nSPS) is 8.79. The summed E-state index contributed by atoms with van der Waals surface area (Å²) in [7, 11) is 3.49. The fourth-order valence-corrected chi connectivity index (χ4v) is 1.12. The average Bonchev–Trinajstić information content (AvgIpc) is 2.23. The van der Waals surface area contributed by atoms with Crippen LogP contribution in [0.3, 0.4) is 0 Å². The van der Waals surface area contributed by atoms with Crippen molar-refractivity contribution in [2.75, 3.05) is 14.1 Å². The first-order valence-electron chi connectivity index (χ1n) is 4.64. The van der Waals surface area contributed by atoms with Gasteiger partial charge in [-0.1, -0.05) is 0 Å². The maximum absolute atomic E-state index is 4.33. The van der Waals surface area contributed by atoms with Gasteiger partial charge in [-0.05, 0) is 24.6 Å². The van der Waals surface area contributed by atoms with Gasteiger partial charge in [0, 0.05) is 14.1 Å². The molecule has 0 saturated heterocycles. The first-order chi connectivity index (χ1) is 7.26. The maximum atomic E-state index is 4.33. The summed E-state index contributed by atoms with van der Waals surface area (Å²) in [5.41, 5.74) is 8.10. The van der Waals surface area contributed by atoms with E-state index in [4.69, 9.17) is 0 Å². The van der Waals surface area contributed by atoms with Gasteiger partial charge in [0.25, 0.3) is 0 Å².